The molecule has 0 amide bonds. The third-order valence-electron chi connectivity index (χ3n) is 3.37. The van der Waals surface area contributed by atoms with Crippen LogP contribution in [0.1, 0.15) is 22.5 Å². The minimum absolute atomic E-state index is 0.717. The summed E-state index contributed by atoms with van der Waals surface area (Å²) in [6.45, 7) is 3.69. The van der Waals surface area contributed by atoms with E-state index in [1.165, 1.54) is 10.6 Å². The van der Waals surface area contributed by atoms with Gasteiger partial charge in [0.2, 0.25) is 0 Å². The molecule has 0 saturated carbocycles. The van der Waals surface area contributed by atoms with Gasteiger partial charge in [0.05, 0.1) is 13.1 Å². The molecule has 0 unspecified atom stereocenters. The second kappa shape index (κ2) is 7.26. The van der Waals surface area contributed by atoms with Gasteiger partial charge in [0.1, 0.15) is 5.01 Å². The van der Waals surface area contributed by atoms with Crippen LogP contribution in [-0.4, -0.2) is 34.5 Å². The van der Waals surface area contributed by atoms with Crippen molar-refractivity contribution in [3.63, 3.8) is 0 Å². The maximum atomic E-state index is 4.42. The Labute approximate surface area is 130 Å². The van der Waals surface area contributed by atoms with Gasteiger partial charge >= 0.3 is 0 Å². The zero-order valence-corrected chi connectivity index (χ0v) is 13.9. The van der Waals surface area contributed by atoms with E-state index in [1.54, 1.807) is 11.3 Å². The van der Waals surface area contributed by atoms with Crippen molar-refractivity contribution < 1.29 is 0 Å². The smallest absolute Gasteiger partial charge is 0.194 e. The number of aromatic nitrogens is 2. The van der Waals surface area contributed by atoms with Gasteiger partial charge in [-0.2, -0.15) is 0 Å². The molecule has 2 aromatic heterocycles. The maximum absolute atomic E-state index is 4.42. The summed E-state index contributed by atoms with van der Waals surface area (Å²) < 4.78 is 2.12. The van der Waals surface area contributed by atoms with E-state index in [9.17, 15) is 0 Å². The summed E-state index contributed by atoms with van der Waals surface area (Å²) >= 11 is 1.75. The SMILES string of the molecule is CCc1cnc(CNC(=NC)N(C)Cc2cccn2C)s1. The van der Waals surface area contributed by atoms with Crippen LogP contribution in [0.5, 0.6) is 0 Å². The topological polar surface area (TPSA) is 45.5 Å². The fourth-order valence-corrected chi connectivity index (χ4v) is 2.91. The monoisotopic (exact) mass is 305 g/mol. The van der Waals surface area contributed by atoms with E-state index < -0.39 is 0 Å². The summed E-state index contributed by atoms with van der Waals surface area (Å²) in [5, 5.41) is 4.47. The van der Waals surface area contributed by atoms with Crippen molar-refractivity contribution in [3.8, 4) is 0 Å². The van der Waals surface area contributed by atoms with E-state index in [2.05, 4.69) is 57.1 Å². The average Bonchev–Trinajstić information content (AvgIpc) is 3.09. The molecule has 0 saturated heterocycles. The molecule has 0 aliphatic rings. The van der Waals surface area contributed by atoms with Crippen LogP contribution < -0.4 is 5.32 Å². The van der Waals surface area contributed by atoms with Gasteiger partial charge in [-0.3, -0.25) is 4.99 Å². The Balaban J connectivity index is 1.92. The van der Waals surface area contributed by atoms with E-state index in [4.69, 9.17) is 0 Å². The van der Waals surface area contributed by atoms with Crippen LogP contribution in [0, 0.1) is 0 Å². The van der Waals surface area contributed by atoms with Crippen molar-refractivity contribution in [2.75, 3.05) is 14.1 Å². The largest absolute Gasteiger partial charge is 0.353 e. The van der Waals surface area contributed by atoms with E-state index in [-0.39, 0.29) is 0 Å². The Hall–Kier alpha value is -1.82. The van der Waals surface area contributed by atoms with Crippen LogP contribution in [0.3, 0.4) is 0 Å². The summed E-state index contributed by atoms with van der Waals surface area (Å²) in [4.78, 5) is 12.2. The predicted molar refractivity (Wildman–Crippen MR) is 88.6 cm³/mol. The quantitative estimate of drug-likeness (QED) is 0.681. The highest BCUT2D eigenvalue weighted by atomic mass is 32.1. The molecule has 6 heteroatoms. The number of aliphatic imine (C=N–C) groups is 1. The van der Waals surface area contributed by atoms with Crippen molar-refractivity contribution >= 4 is 17.3 Å². The lowest BCUT2D eigenvalue weighted by Crippen LogP contribution is -2.38. The fraction of sp³-hybridized carbons (Fsp3) is 0.467. The van der Waals surface area contributed by atoms with Crippen molar-refractivity contribution in [1.29, 1.82) is 0 Å². The molecule has 21 heavy (non-hydrogen) atoms. The van der Waals surface area contributed by atoms with Gasteiger partial charge in [-0.25, -0.2) is 4.98 Å². The minimum atomic E-state index is 0.717. The molecule has 114 valence electrons. The molecule has 2 rings (SSSR count). The first-order chi connectivity index (χ1) is 10.1. The fourth-order valence-electron chi connectivity index (χ4n) is 2.11. The summed E-state index contributed by atoms with van der Waals surface area (Å²) in [7, 11) is 5.91. The Morgan fingerprint density at radius 2 is 2.33 bits per heavy atom. The van der Waals surface area contributed by atoms with Gasteiger partial charge in [0.25, 0.3) is 0 Å². The molecule has 0 aromatic carbocycles. The molecule has 0 atom stereocenters. The Bertz CT molecular complexity index is 599. The van der Waals surface area contributed by atoms with Gasteiger partial charge < -0.3 is 14.8 Å². The van der Waals surface area contributed by atoms with Crippen molar-refractivity contribution in [2.24, 2.45) is 12.0 Å². The number of guanidine groups is 1. The molecular formula is C15H23N5S. The number of rotatable bonds is 5. The highest BCUT2D eigenvalue weighted by molar-refractivity contribution is 7.11. The van der Waals surface area contributed by atoms with Crippen molar-refractivity contribution in [1.82, 2.24) is 19.8 Å². The van der Waals surface area contributed by atoms with Gasteiger partial charge in [0, 0.05) is 44.1 Å². The molecule has 0 bridgehead atoms. The molecule has 0 radical (unpaired) electrons. The zero-order valence-electron chi connectivity index (χ0n) is 13.1. The number of hydrogen-bond donors (Lipinski definition) is 1. The summed E-state index contributed by atoms with van der Waals surface area (Å²) in [5.74, 6) is 0.879. The van der Waals surface area contributed by atoms with Crippen molar-refractivity contribution in [2.45, 2.75) is 26.4 Å². The highest BCUT2D eigenvalue weighted by Gasteiger charge is 2.09. The first kappa shape index (κ1) is 15.6. The number of aryl methyl sites for hydroxylation is 2. The summed E-state index contributed by atoms with van der Waals surface area (Å²) in [6, 6.07) is 4.18. The normalized spacial score (nSPS) is 11.7. The second-order valence-electron chi connectivity index (χ2n) is 4.94. The van der Waals surface area contributed by atoms with Gasteiger partial charge in [0.15, 0.2) is 5.96 Å². The van der Waals surface area contributed by atoms with Crippen LogP contribution >= 0.6 is 11.3 Å². The summed E-state index contributed by atoms with van der Waals surface area (Å²) in [5.41, 5.74) is 1.25. The first-order valence-corrected chi connectivity index (χ1v) is 7.91. The zero-order chi connectivity index (χ0) is 15.2. The molecular weight excluding hydrogens is 282 g/mol. The van der Waals surface area contributed by atoms with Gasteiger partial charge in [-0.1, -0.05) is 6.92 Å². The van der Waals surface area contributed by atoms with E-state index >= 15 is 0 Å². The van der Waals surface area contributed by atoms with E-state index in [0.717, 1.165) is 30.5 Å². The standard InChI is InChI=1S/C15H23N5S/c1-5-13-9-17-14(21-13)10-18-15(16-2)20(4)11-12-7-6-8-19(12)3/h6-9H,5,10-11H2,1-4H3,(H,16,18). The molecule has 0 spiro atoms. The van der Waals surface area contributed by atoms with Crippen LogP contribution in [0.15, 0.2) is 29.5 Å². The number of nitrogens with one attached hydrogen (secondary N) is 1. The lowest BCUT2D eigenvalue weighted by molar-refractivity contribution is 0.461. The van der Waals surface area contributed by atoms with E-state index in [0.29, 0.717) is 0 Å². The Morgan fingerprint density at radius 1 is 1.52 bits per heavy atom. The van der Waals surface area contributed by atoms with Gasteiger partial charge in [-0.05, 0) is 18.6 Å². The van der Waals surface area contributed by atoms with Crippen LogP contribution in [-0.2, 0) is 26.6 Å². The maximum Gasteiger partial charge on any atom is 0.194 e. The highest BCUT2D eigenvalue weighted by Crippen LogP contribution is 2.13. The molecule has 0 fully saturated rings. The van der Waals surface area contributed by atoms with Gasteiger partial charge in [-0.15, -0.1) is 11.3 Å². The molecule has 0 aliphatic heterocycles. The van der Waals surface area contributed by atoms with E-state index in [1.807, 2.05) is 20.3 Å². The average molecular weight is 305 g/mol. The Morgan fingerprint density at radius 3 is 2.90 bits per heavy atom. The lowest BCUT2D eigenvalue weighted by atomic mass is 10.4. The predicted octanol–water partition coefficient (Wildman–Crippen LogP) is 2.25. The second-order valence-corrected chi connectivity index (χ2v) is 6.14. The van der Waals surface area contributed by atoms with Crippen LogP contribution in [0.4, 0.5) is 0 Å². The number of thiazole rings is 1. The summed E-state index contributed by atoms with van der Waals surface area (Å²) in [6.07, 6.45) is 5.05. The molecule has 2 aromatic rings. The number of nitrogens with zero attached hydrogens (tertiary/aromatic N) is 4. The Kier molecular flexibility index (Phi) is 5.38. The first-order valence-electron chi connectivity index (χ1n) is 7.09. The van der Waals surface area contributed by atoms with Crippen LogP contribution in [0.25, 0.3) is 0 Å². The number of hydrogen-bond acceptors (Lipinski definition) is 3. The minimum Gasteiger partial charge on any atom is -0.353 e. The molecule has 1 N–H and O–H groups in total. The molecule has 2 heterocycles. The lowest BCUT2D eigenvalue weighted by Gasteiger charge is -2.22. The third kappa shape index (κ3) is 4.07. The van der Waals surface area contributed by atoms with Crippen molar-refractivity contribution in [3.05, 3.63) is 40.1 Å². The van der Waals surface area contributed by atoms with Crippen LogP contribution in [0.2, 0.25) is 0 Å². The molecule has 5 nitrogen and oxygen atoms in total. The third-order valence-corrected chi connectivity index (χ3v) is 4.51. The molecule has 0 aliphatic carbocycles.